The van der Waals surface area contributed by atoms with Crippen molar-refractivity contribution in [2.24, 2.45) is 0 Å². The molecule has 0 aliphatic rings. The van der Waals surface area contributed by atoms with E-state index in [4.69, 9.17) is 9.47 Å². The third-order valence-corrected chi connectivity index (χ3v) is 3.02. The molecule has 0 radical (unpaired) electrons. The molecule has 1 heterocycles. The van der Waals surface area contributed by atoms with E-state index in [9.17, 15) is 19.8 Å². The van der Waals surface area contributed by atoms with E-state index in [1.54, 1.807) is 0 Å². The first-order chi connectivity index (χ1) is 9.02. The van der Waals surface area contributed by atoms with Crippen LogP contribution in [0.25, 0.3) is 0 Å². The normalized spacial score (nSPS) is 8.76. The number of esters is 2. The van der Waals surface area contributed by atoms with Gasteiger partial charge in [0.2, 0.25) is 0 Å². The molecule has 0 spiro atoms. The third kappa shape index (κ3) is 6.15. The van der Waals surface area contributed by atoms with Crippen molar-refractivity contribution in [1.29, 1.82) is 0 Å². The Labute approximate surface area is 170 Å². The van der Waals surface area contributed by atoms with Crippen LogP contribution in [-0.4, -0.2) is 94.5 Å². The second kappa shape index (κ2) is 11.3. The second-order valence-electron chi connectivity index (χ2n) is 3.23. The quantitative estimate of drug-likeness (QED) is 0.449. The summed E-state index contributed by atoms with van der Waals surface area (Å²) in [6.07, 6.45) is 2.70. The van der Waals surface area contributed by atoms with E-state index in [1.807, 2.05) is 0 Å². The van der Waals surface area contributed by atoms with Gasteiger partial charge >= 0.3 is 71.1 Å². The Morgan fingerprint density at radius 1 is 0.952 bits per heavy atom. The fraction of sp³-hybridized carbons (Fsp3) is 0.167. The molecule has 9 heteroatoms. The molecule has 0 saturated carbocycles. The van der Waals surface area contributed by atoms with Gasteiger partial charge in [0.05, 0.1) is 0 Å². The number of thiophene rings is 1. The van der Waals surface area contributed by atoms with E-state index in [0.717, 1.165) is 0 Å². The van der Waals surface area contributed by atoms with Gasteiger partial charge in [-0.1, -0.05) is 25.3 Å². The predicted octanol–water partition coefficient (Wildman–Crippen LogP) is 0.548. The maximum atomic E-state index is 11.5. The molecule has 0 fully saturated rings. The minimum atomic E-state index is -0.861. The summed E-state index contributed by atoms with van der Waals surface area (Å²) in [6, 6.07) is 0. The van der Waals surface area contributed by atoms with Gasteiger partial charge in [0.1, 0.15) is 13.2 Å². The average Bonchev–Trinajstić information content (AvgIpc) is 2.70. The van der Waals surface area contributed by atoms with Gasteiger partial charge in [-0.2, -0.15) is 0 Å². The van der Waals surface area contributed by atoms with Gasteiger partial charge in [-0.05, 0) is 0 Å². The Kier molecular flexibility index (Phi) is 12.4. The molecule has 21 heavy (non-hydrogen) atoms. The summed E-state index contributed by atoms with van der Waals surface area (Å²) < 4.78 is 9.40. The SMILES string of the molecule is C=CCOC(=O)c1sc(C(=O)OCC=C)c(O)c1O.[NaH].[NaH]. The van der Waals surface area contributed by atoms with E-state index in [-0.39, 0.29) is 82.1 Å². The first-order valence-electron chi connectivity index (χ1n) is 5.13. The number of ether oxygens (including phenoxy) is 2. The van der Waals surface area contributed by atoms with E-state index >= 15 is 0 Å². The van der Waals surface area contributed by atoms with Crippen LogP contribution >= 0.6 is 11.3 Å². The van der Waals surface area contributed by atoms with Gasteiger partial charge in [0, 0.05) is 0 Å². The van der Waals surface area contributed by atoms with Crippen molar-refractivity contribution < 1.29 is 29.3 Å². The number of carbonyl (C=O) groups excluding carboxylic acids is 2. The molecule has 1 rings (SSSR count). The molecule has 0 saturated heterocycles. The number of rotatable bonds is 6. The molecular weight excluding hydrogens is 318 g/mol. The Bertz CT molecular complexity index is 482. The minimum absolute atomic E-state index is 0. The van der Waals surface area contributed by atoms with Crippen molar-refractivity contribution in [3.05, 3.63) is 35.1 Å². The first-order valence-corrected chi connectivity index (χ1v) is 5.95. The van der Waals surface area contributed by atoms with Crippen LogP contribution in [0.3, 0.4) is 0 Å². The van der Waals surface area contributed by atoms with Crippen LogP contribution in [0.1, 0.15) is 19.3 Å². The summed E-state index contributed by atoms with van der Waals surface area (Å²) in [5.74, 6) is -3.13. The predicted molar refractivity (Wildman–Crippen MR) is 82.9 cm³/mol. The van der Waals surface area contributed by atoms with Crippen LogP contribution in [0.5, 0.6) is 11.5 Å². The molecule has 0 unspecified atom stereocenters. The Morgan fingerprint density at radius 2 is 1.29 bits per heavy atom. The van der Waals surface area contributed by atoms with Gasteiger partial charge < -0.3 is 19.7 Å². The Balaban J connectivity index is 0. The van der Waals surface area contributed by atoms with Crippen molar-refractivity contribution in [1.82, 2.24) is 0 Å². The van der Waals surface area contributed by atoms with Crippen molar-refractivity contribution in [2.75, 3.05) is 13.2 Å². The number of carbonyl (C=O) groups is 2. The van der Waals surface area contributed by atoms with Crippen molar-refractivity contribution in [3.63, 3.8) is 0 Å². The fourth-order valence-corrected chi connectivity index (χ4v) is 1.97. The van der Waals surface area contributed by atoms with Crippen molar-refractivity contribution >= 4 is 82.4 Å². The van der Waals surface area contributed by atoms with Gasteiger partial charge in [0.15, 0.2) is 21.3 Å². The monoisotopic (exact) mass is 332 g/mol. The molecule has 6 nitrogen and oxygen atoms in total. The molecule has 1 aromatic heterocycles. The summed E-state index contributed by atoms with van der Waals surface area (Å²) in [5.41, 5.74) is 0. The summed E-state index contributed by atoms with van der Waals surface area (Å²) in [7, 11) is 0. The first kappa shape index (κ1) is 23.0. The van der Waals surface area contributed by atoms with Crippen LogP contribution < -0.4 is 0 Å². The summed E-state index contributed by atoms with van der Waals surface area (Å²) in [5, 5.41) is 19.1. The van der Waals surface area contributed by atoms with Crippen LogP contribution in [0.2, 0.25) is 0 Å². The van der Waals surface area contributed by atoms with Gasteiger partial charge in [-0.15, -0.1) is 11.3 Å². The van der Waals surface area contributed by atoms with Gasteiger partial charge in [0.25, 0.3) is 0 Å². The van der Waals surface area contributed by atoms with Crippen molar-refractivity contribution in [3.8, 4) is 11.5 Å². The molecule has 1 aromatic rings. The Hall–Kier alpha value is -0.280. The molecule has 0 amide bonds. The topological polar surface area (TPSA) is 93.1 Å². The summed E-state index contributed by atoms with van der Waals surface area (Å²) in [4.78, 5) is 22.5. The standard InChI is InChI=1S/C12H12O6S.2Na.2H/c1-3-5-17-11(15)9-7(13)8(14)10(19-9)12(16)18-6-4-2;;;;/h3-4,13-14H,1-2,5-6H2;;;;. The summed E-state index contributed by atoms with van der Waals surface area (Å²) >= 11 is 0.586. The van der Waals surface area contributed by atoms with Crippen LogP contribution in [0, 0.1) is 0 Å². The molecule has 106 valence electrons. The van der Waals surface area contributed by atoms with E-state index < -0.39 is 23.4 Å². The number of aromatic hydroxyl groups is 2. The molecule has 0 aliphatic heterocycles. The second-order valence-corrected chi connectivity index (χ2v) is 4.25. The van der Waals surface area contributed by atoms with Gasteiger partial charge in [-0.3, -0.25) is 0 Å². The molecule has 2 N–H and O–H groups in total. The van der Waals surface area contributed by atoms with Crippen molar-refractivity contribution in [2.45, 2.75) is 0 Å². The van der Waals surface area contributed by atoms with E-state index in [0.29, 0.717) is 11.3 Å². The number of hydrogen-bond donors (Lipinski definition) is 2. The molecule has 0 aromatic carbocycles. The fourth-order valence-electron chi connectivity index (χ4n) is 1.09. The average molecular weight is 332 g/mol. The molecule has 0 aliphatic carbocycles. The van der Waals surface area contributed by atoms with Crippen LogP contribution in [-0.2, 0) is 9.47 Å². The Morgan fingerprint density at radius 3 is 1.57 bits per heavy atom. The molecular formula is C12H14Na2O6S. The molecule has 0 bridgehead atoms. The molecule has 0 atom stereocenters. The van der Waals surface area contributed by atoms with E-state index in [1.165, 1.54) is 12.2 Å². The van der Waals surface area contributed by atoms with Crippen LogP contribution in [0.4, 0.5) is 0 Å². The zero-order valence-corrected chi connectivity index (χ0v) is 10.7. The zero-order valence-electron chi connectivity index (χ0n) is 9.92. The van der Waals surface area contributed by atoms with Crippen LogP contribution in [0.15, 0.2) is 25.3 Å². The van der Waals surface area contributed by atoms with Gasteiger partial charge in [-0.25, -0.2) is 9.59 Å². The van der Waals surface area contributed by atoms with E-state index in [2.05, 4.69) is 13.2 Å². The number of hydrogen-bond acceptors (Lipinski definition) is 7. The zero-order chi connectivity index (χ0) is 14.4. The third-order valence-electron chi connectivity index (χ3n) is 1.89. The summed E-state index contributed by atoms with van der Waals surface area (Å²) in [6.45, 7) is 6.63. The maximum absolute atomic E-state index is 11.5.